The van der Waals surface area contributed by atoms with Crippen molar-refractivity contribution in [2.45, 2.75) is 52.1 Å². The van der Waals surface area contributed by atoms with Gasteiger partial charge >= 0.3 is 0 Å². The number of anilines is 1. The summed E-state index contributed by atoms with van der Waals surface area (Å²) >= 11 is 4.01. The minimum absolute atomic E-state index is 0.00570. The first kappa shape index (κ1) is 28.4. The number of aromatic nitrogens is 2. The largest absolute Gasteiger partial charge is 0.497 e. The second-order valence-corrected chi connectivity index (χ2v) is 14.0. The summed E-state index contributed by atoms with van der Waals surface area (Å²) in [5, 5.41) is 5.97. The minimum Gasteiger partial charge on any atom is -0.497 e. The molecule has 3 N–H and O–H groups in total. The molecule has 0 unspecified atom stereocenters. The van der Waals surface area contributed by atoms with E-state index < -0.39 is 5.91 Å². The molecule has 0 aliphatic heterocycles. The number of thiophene rings is 2. The van der Waals surface area contributed by atoms with Crippen LogP contribution in [0, 0.1) is 18.3 Å². The van der Waals surface area contributed by atoms with Gasteiger partial charge in [0.25, 0.3) is 11.5 Å². The number of nitrogens with two attached hydrogens (primary N) is 1. The molecule has 40 heavy (non-hydrogen) atoms. The molecule has 3 aromatic heterocycles. The fourth-order valence-corrected chi connectivity index (χ4v) is 8.06. The Balaban J connectivity index is 1.57. The fraction of sp³-hybridized carbons (Fsp3) is 0.379. The van der Waals surface area contributed by atoms with Crippen molar-refractivity contribution in [3.05, 3.63) is 61.6 Å². The second-order valence-electron chi connectivity index (χ2n) is 11.0. The Morgan fingerprint density at radius 3 is 2.75 bits per heavy atom. The number of carbonyl (C=O) groups is 2. The molecule has 0 saturated carbocycles. The van der Waals surface area contributed by atoms with E-state index in [1.165, 1.54) is 28.0 Å². The maximum absolute atomic E-state index is 14.3. The van der Waals surface area contributed by atoms with E-state index in [-0.39, 0.29) is 28.2 Å². The third-order valence-electron chi connectivity index (χ3n) is 7.45. The molecule has 11 heteroatoms. The van der Waals surface area contributed by atoms with Gasteiger partial charge in [-0.2, -0.15) is 0 Å². The van der Waals surface area contributed by atoms with Crippen molar-refractivity contribution in [2.24, 2.45) is 17.1 Å². The first-order valence-corrected chi connectivity index (χ1v) is 15.7. The Bertz CT molecular complexity index is 1680. The summed E-state index contributed by atoms with van der Waals surface area (Å²) in [6.07, 6.45) is 2.82. The summed E-state index contributed by atoms with van der Waals surface area (Å²) in [5.41, 5.74) is 8.40. The molecule has 0 bridgehead atoms. The van der Waals surface area contributed by atoms with Crippen LogP contribution in [0.2, 0.25) is 0 Å². The van der Waals surface area contributed by atoms with Gasteiger partial charge in [0.1, 0.15) is 15.6 Å². The lowest BCUT2D eigenvalue weighted by atomic mass is 9.72. The van der Waals surface area contributed by atoms with Gasteiger partial charge in [0.15, 0.2) is 5.16 Å². The van der Waals surface area contributed by atoms with Crippen LogP contribution in [0.15, 0.2) is 39.6 Å². The topological polar surface area (TPSA) is 116 Å². The SMILES string of the molecule is COc1ccc(C)c(-n2c(SCC(=O)Nc3sccc3C(N)=O)nc3sc4c(c3c2=O)CC[C@@H](C(C)(C)C)C4)c1. The maximum Gasteiger partial charge on any atom is 0.267 e. The Kier molecular flexibility index (Phi) is 7.82. The summed E-state index contributed by atoms with van der Waals surface area (Å²) < 4.78 is 7.08. The Morgan fingerprint density at radius 2 is 2.05 bits per heavy atom. The van der Waals surface area contributed by atoms with Crippen molar-refractivity contribution in [1.29, 1.82) is 0 Å². The summed E-state index contributed by atoms with van der Waals surface area (Å²) in [7, 11) is 1.59. The van der Waals surface area contributed by atoms with Crippen molar-refractivity contribution in [1.82, 2.24) is 9.55 Å². The third kappa shape index (κ3) is 5.42. The molecule has 1 aliphatic carbocycles. The second kappa shape index (κ2) is 11.0. The molecule has 3 heterocycles. The van der Waals surface area contributed by atoms with Gasteiger partial charge < -0.3 is 15.8 Å². The molecule has 1 aliphatic rings. The number of carbonyl (C=O) groups excluding carboxylic acids is 2. The van der Waals surface area contributed by atoms with Crippen LogP contribution in [0.5, 0.6) is 5.75 Å². The number of fused-ring (bicyclic) bond motifs is 3. The minimum atomic E-state index is -0.603. The molecule has 1 aromatic carbocycles. The number of amides is 2. The highest BCUT2D eigenvalue weighted by Crippen LogP contribution is 2.42. The third-order valence-corrected chi connectivity index (χ3v) is 10.4. The average Bonchev–Trinajstić information content (AvgIpc) is 3.51. The summed E-state index contributed by atoms with van der Waals surface area (Å²) in [6, 6.07) is 7.17. The van der Waals surface area contributed by atoms with E-state index in [1.807, 2.05) is 25.1 Å². The molecule has 210 valence electrons. The summed E-state index contributed by atoms with van der Waals surface area (Å²) in [4.78, 5) is 45.7. The first-order chi connectivity index (χ1) is 19.0. The van der Waals surface area contributed by atoms with Gasteiger partial charge in [-0.25, -0.2) is 4.98 Å². The van der Waals surface area contributed by atoms with Crippen LogP contribution in [-0.4, -0.2) is 34.2 Å². The molecule has 0 radical (unpaired) electrons. The smallest absolute Gasteiger partial charge is 0.267 e. The Hall–Kier alpha value is -3.15. The molecular weight excluding hydrogens is 565 g/mol. The monoisotopic (exact) mass is 596 g/mol. The number of methoxy groups -OCH3 is 1. The highest BCUT2D eigenvalue weighted by Gasteiger charge is 2.32. The molecule has 8 nitrogen and oxygen atoms in total. The van der Waals surface area contributed by atoms with E-state index in [0.717, 1.165) is 30.4 Å². The van der Waals surface area contributed by atoms with Crippen LogP contribution in [0.25, 0.3) is 15.9 Å². The van der Waals surface area contributed by atoms with Crippen LogP contribution >= 0.6 is 34.4 Å². The zero-order chi connectivity index (χ0) is 28.8. The van der Waals surface area contributed by atoms with Crippen LogP contribution in [0.4, 0.5) is 5.00 Å². The standard InChI is InChI=1S/C29H32N4O4S3/c1-15-6-8-17(37-5)13-20(15)33-27(36)23-18-9-7-16(29(2,3)4)12-21(18)40-26(23)32-28(33)39-14-22(34)31-25-19(24(30)35)10-11-38-25/h6,8,10-11,13,16H,7,9,12,14H2,1-5H3,(H2,30,35)(H,31,34)/t16-/m1/s1. The predicted octanol–water partition coefficient (Wildman–Crippen LogP) is 5.81. The summed E-state index contributed by atoms with van der Waals surface area (Å²) in [6.45, 7) is 8.76. The zero-order valence-electron chi connectivity index (χ0n) is 23.1. The number of hydrogen-bond acceptors (Lipinski definition) is 8. The van der Waals surface area contributed by atoms with Crippen LogP contribution in [0.3, 0.4) is 0 Å². The van der Waals surface area contributed by atoms with E-state index in [9.17, 15) is 14.4 Å². The lowest BCUT2D eigenvalue weighted by molar-refractivity contribution is -0.113. The van der Waals surface area contributed by atoms with Gasteiger partial charge in [-0.15, -0.1) is 22.7 Å². The molecule has 0 spiro atoms. The lowest BCUT2D eigenvalue weighted by Gasteiger charge is -2.33. The number of hydrogen-bond donors (Lipinski definition) is 2. The highest BCUT2D eigenvalue weighted by atomic mass is 32.2. The summed E-state index contributed by atoms with van der Waals surface area (Å²) in [5.74, 6) is 0.230. The molecule has 4 aromatic rings. The van der Waals surface area contributed by atoms with Crippen LogP contribution in [0.1, 0.15) is 53.6 Å². The number of aryl methyl sites for hydroxylation is 2. The first-order valence-electron chi connectivity index (χ1n) is 13.0. The van der Waals surface area contributed by atoms with Gasteiger partial charge in [0, 0.05) is 10.9 Å². The normalized spacial score (nSPS) is 15.2. The van der Waals surface area contributed by atoms with E-state index in [0.29, 0.717) is 37.7 Å². The predicted molar refractivity (Wildman–Crippen MR) is 164 cm³/mol. The number of ether oxygens (including phenoxy) is 1. The highest BCUT2D eigenvalue weighted by molar-refractivity contribution is 7.99. The van der Waals surface area contributed by atoms with E-state index in [4.69, 9.17) is 15.5 Å². The number of nitrogens with zero attached hydrogens (tertiary/aromatic N) is 2. The van der Waals surface area contributed by atoms with Crippen LogP contribution < -0.4 is 21.3 Å². The molecular formula is C29H32N4O4S3. The van der Waals surface area contributed by atoms with E-state index in [1.54, 1.807) is 34.5 Å². The Labute approximate surface area is 245 Å². The number of thioether (sulfide) groups is 1. The van der Waals surface area contributed by atoms with Gasteiger partial charge in [-0.3, -0.25) is 19.0 Å². The van der Waals surface area contributed by atoms with E-state index >= 15 is 0 Å². The number of benzene rings is 1. The fourth-order valence-electron chi connectivity index (χ4n) is 5.10. The Morgan fingerprint density at radius 1 is 1.27 bits per heavy atom. The van der Waals surface area contributed by atoms with Gasteiger partial charge in [-0.1, -0.05) is 38.6 Å². The van der Waals surface area contributed by atoms with E-state index in [2.05, 4.69) is 26.1 Å². The van der Waals surface area contributed by atoms with Gasteiger partial charge in [0.2, 0.25) is 5.91 Å². The molecule has 0 fully saturated rings. The van der Waals surface area contributed by atoms with Crippen molar-refractivity contribution < 1.29 is 14.3 Å². The lowest BCUT2D eigenvalue weighted by Crippen LogP contribution is -2.27. The number of primary amides is 1. The average molecular weight is 597 g/mol. The van der Waals surface area contributed by atoms with Crippen molar-refractivity contribution >= 4 is 61.5 Å². The van der Waals surface area contributed by atoms with Crippen molar-refractivity contribution in [3.8, 4) is 11.4 Å². The molecule has 2 amide bonds. The van der Waals surface area contributed by atoms with Gasteiger partial charge in [-0.05, 0) is 66.2 Å². The number of nitrogens with one attached hydrogen (secondary N) is 1. The molecule has 5 rings (SSSR count). The van der Waals surface area contributed by atoms with Gasteiger partial charge in [0.05, 0.1) is 29.5 Å². The number of rotatable bonds is 7. The molecule has 0 saturated heterocycles. The van der Waals surface area contributed by atoms with Crippen molar-refractivity contribution in [3.63, 3.8) is 0 Å². The quantitative estimate of drug-likeness (QED) is 0.206. The van der Waals surface area contributed by atoms with Crippen LogP contribution in [-0.2, 0) is 17.6 Å². The maximum atomic E-state index is 14.3. The molecule has 1 atom stereocenters. The zero-order valence-corrected chi connectivity index (χ0v) is 25.6. The van der Waals surface area contributed by atoms with Crippen molar-refractivity contribution in [2.75, 3.05) is 18.2 Å².